The molecule has 0 bridgehead atoms. The second kappa shape index (κ2) is 8.79. The van der Waals surface area contributed by atoms with Crippen LogP contribution in [-0.2, 0) is 16.6 Å². The van der Waals surface area contributed by atoms with Crippen LogP contribution >= 0.6 is 0 Å². The number of amides is 1. The molecule has 1 aromatic heterocycles. The second-order valence-electron chi connectivity index (χ2n) is 7.04. The van der Waals surface area contributed by atoms with Gasteiger partial charge in [0, 0.05) is 31.9 Å². The molecule has 1 amide bonds. The van der Waals surface area contributed by atoms with E-state index < -0.39 is 10.0 Å². The van der Waals surface area contributed by atoms with Gasteiger partial charge in [0.15, 0.2) is 0 Å². The van der Waals surface area contributed by atoms with Gasteiger partial charge in [0.1, 0.15) is 5.76 Å². The second-order valence-corrected chi connectivity index (χ2v) is 9.08. The van der Waals surface area contributed by atoms with Crippen molar-refractivity contribution >= 4 is 21.6 Å². The maximum absolute atomic E-state index is 13.0. The van der Waals surface area contributed by atoms with E-state index in [1.165, 1.54) is 0 Å². The number of sulfonamides is 1. The minimum atomic E-state index is -3.20. The van der Waals surface area contributed by atoms with Gasteiger partial charge in [-0.25, -0.2) is 13.1 Å². The zero-order chi connectivity index (χ0) is 20.1. The van der Waals surface area contributed by atoms with Crippen molar-refractivity contribution < 1.29 is 17.6 Å². The van der Waals surface area contributed by atoms with Crippen LogP contribution in [0.25, 0.3) is 0 Å². The van der Waals surface area contributed by atoms with Gasteiger partial charge in [0.2, 0.25) is 10.0 Å². The van der Waals surface area contributed by atoms with Crippen LogP contribution in [0, 0.1) is 0 Å². The lowest BCUT2D eigenvalue weighted by Gasteiger charge is -2.35. The molecule has 0 radical (unpaired) electrons. The van der Waals surface area contributed by atoms with Crippen LogP contribution in [0.3, 0.4) is 0 Å². The van der Waals surface area contributed by atoms with Crippen molar-refractivity contribution in [3.8, 4) is 0 Å². The Morgan fingerprint density at radius 3 is 2.57 bits per heavy atom. The number of carbonyl (C=O) groups is 1. The Labute approximate surface area is 166 Å². The summed E-state index contributed by atoms with van der Waals surface area (Å²) in [5.41, 5.74) is 1.53. The summed E-state index contributed by atoms with van der Waals surface area (Å²) in [6, 6.07) is 11.2. The Morgan fingerprint density at radius 1 is 1.21 bits per heavy atom. The predicted octanol–water partition coefficient (Wildman–Crippen LogP) is 2.46. The van der Waals surface area contributed by atoms with Crippen molar-refractivity contribution in [1.82, 2.24) is 9.62 Å². The smallest absolute Gasteiger partial charge is 0.256 e. The van der Waals surface area contributed by atoms with Crippen molar-refractivity contribution in [2.24, 2.45) is 0 Å². The number of nitrogens with one attached hydrogen (secondary N) is 1. The molecule has 8 heteroatoms. The van der Waals surface area contributed by atoms with Gasteiger partial charge in [-0.3, -0.25) is 4.79 Å². The van der Waals surface area contributed by atoms with E-state index in [-0.39, 0.29) is 17.7 Å². The van der Waals surface area contributed by atoms with Crippen LogP contribution in [0.5, 0.6) is 0 Å². The number of benzene rings is 1. The molecule has 0 saturated carbocycles. The van der Waals surface area contributed by atoms with Gasteiger partial charge in [-0.15, -0.1) is 0 Å². The molecule has 0 aliphatic carbocycles. The average Bonchev–Trinajstić information content (AvgIpc) is 3.21. The standard InChI is InChI=1S/C20H27N3O4S/c1-3-28(25,26)21-16-10-12-23(13-11-16)19-9-5-4-8-18(19)20(24)22(2)15-17-7-6-14-27-17/h4-9,14,16,21H,3,10-13,15H2,1-2H3. The molecular weight excluding hydrogens is 378 g/mol. The van der Waals surface area contributed by atoms with Crippen molar-refractivity contribution in [1.29, 1.82) is 0 Å². The van der Waals surface area contributed by atoms with Gasteiger partial charge < -0.3 is 14.2 Å². The molecule has 0 spiro atoms. The third-order valence-corrected chi connectivity index (χ3v) is 6.47. The maximum atomic E-state index is 13.0. The van der Waals surface area contributed by atoms with E-state index in [0.29, 0.717) is 38.0 Å². The molecular formula is C20H27N3O4S. The zero-order valence-corrected chi connectivity index (χ0v) is 17.1. The molecule has 2 aromatic rings. The zero-order valence-electron chi connectivity index (χ0n) is 16.3. The number of nitrogens with zero attached hydrogens (tertiary/aromatic N) is 2. The Hall–Kier alpha value is -2.32. The highest BCUT2D eigenvalue weighted by Crippen LogP contribution is 2.26. The van der Waals surface area contributed by atoms with E-state index >= 15 is 0 Å². The molecule has 1 aliphatic rings. The topological polar surface area (TPSA) is 82.9 Å². The van der Waals surface area contributed by atoms with Crippen molar-refractivity contribution in [2.75, 3.05) is 30.8 Å². The number of piperidine rings is 1. The molecule has 1 fully saturated rings. The number of hydrogen-bond acceptors (Lipinski definition) is 5. The number of para-hydroxylation sites is 1. The summed E-state index contributed by atoms with van der Waals surface area (Å²) in [6.07, 6.45) is 3.02. The summed E-state index contributed by atoms with van der Waals surface area (Å²) in [7, 11) is -1.44. The molecule has 152 valence electrons. The maximum Gasteiger partial charge on any atom is 0.256 e. The quantitative estimate of drug-likeness (QED) is 0.765. The molecule has 7 nitrogen and oxygen atoms in total. The number of rotatable bonds is 7. The van der Waals surface area contributed by atoms with Gasteiger partial charge in [-0.1, -0.05) is 12.1 Å². The first-order valence-corrected chi connectivity index (χ1v) is 11.2. The Bertz CT molecular complexity index is 888. The lowest BCUT2D eigenvalue weighted by molar-refractivity contribution is 0.0776. The van der Waals surface area contributed by atoms with Crippen LogP contribution in [-0.4, -0.2) is 51.2 Å². The molecule has 3 rings (SSSR count). The van der Waals surface area contributed by atoms with E-state index in [1.807, 2.05) is 30.3 Å². The third kappa shape index (κ3) is 4.94. The third-order valence-electron chi connectivity index (χ3n) is 5.02. The molecule has 1 aromatic carbocycles. The highest BCUT2D eigenvalue weighted by atomic mass is 32.2. The minimum Gasteiger partial charge on any atom is -0.467 e. The van der Waals surface area contributed by atoms with Crippen LogP contribution in [0.4, 0.5) is 5.69 Å². The summed E-state index contributed by atoms with van der Waals surface area (Å²) in [5.74, 6) is 0.755. The molecule has 1 saturated heterocycles. The lowest BCUT2D eigenvalue weighted by Crippen LogP contribution is -2.45. The number of furan rings is 1. The lowest BCUT2D eigenvalue weighted by atomic mass is 10.0. The number of anilines is 1. The van der Waals surface area contributed by atoms with Crippen LogP contribution in [0.2, 0.25) is 0 Å². The monoisotopic (exact) mass is 405 g/mol. The molecule has 0 atom stereocenters. The summed E-state index contributed by atoms with van der Waals surface area (Å²) < 4.78 is 31.7. The number of carbonyl (C=O) groups excluding carboxylic acids is 1. The van der Waals surface area contributed by atoms with Gasteiger partial charge in [-0.2, -0.15) is 0 Å². The van der Waals surface area contributed by atoms with Crippen LogP contribution < -0.4 is 9.62 Å². The first-order chi connectivity index (χ1) is 13.4. The largest absolute Gasteiger partial charge is 0.467 e. The van der Waals surface area contributed by atoms with Crippen molar-refractivity contribution in [3.63, 3.8) is 0 Å². The first-order valence-electron chi connectivity index (χ1n) is 9.51. The fourth-order valence-corrected chi connectivity index (χ4v) is 4.33. The van der Waals surface area contributed by atoms with E-state index in [9.17, 15) is 13.2 Å². The highest BCUT2D eigenvalue weighted by Gasteiger charge is 2.26. The van der Waals surface area contributed by atoms with E-state index in [4.69, 9.17) is 4.42 Å². The minimum absolute atomic E-state index is 0.0503. The summed E-state index contributed by atoms with van der Waals surface area (Å²) in [6.45, 7) is 3.44. The summed E-state index contributed by atoms with van der Waals surface area (Å²) >= 11 is 0. The first kappa shape index (κ1) is 20.4. The fourth-order valence-electron chi connectivity index (χ4n) is 3.42. The normalized spacial score (nSPS) is 15.6. The predicted molar refractivity (Wildman–Crippen MR) is 109 cm³/mol. The molecule has 2 heterocycles. The highest BCUT2D eigenvalue weighted by molar-refractivity contribution is 7.89. The van der Waals surface area contributed by atoms with Gasteiger partial charge >= 0.3 is 0 Å². The van der Waals surface area contributed by atoms with Gasteiger partial charge in [0.05, 0.1) is 24.1 Å². The summed E-state index contributed by atoms with van der Waals surface area (Å²) in [5, 5.41) is 0. The molecule has 28 heavy (non-hydrogen) atoms. The molecule has 0 unspecified atom stereocenters. The van der Waals surface area contributed by atoms with Crippen molar-refractivity contribution in [3.05, 3.63) is 54.0 Å². The van der Waals surface area contributed by atoms with E-state index in [1.54, 1.807) is 31.2 Å². The van der Waals surface area contributed by atoms with Crippen molar-refractivity contribution in [2.45, 2.75) is 32.4 Å². The Balaban J connectivity index is 1.68. The van der Waals surface area contributed by atoms with Crippen LogP contribution in [0.15, 0.2) is 47.1 Å². The van der Waals surface area contributed by atoms with E-state index in [2.05, 4.69) is 9.62 Å². The molecule has 1 N–H and O–H groups in total. The Morgan fingerprint density at radius 2 is 1.93 bits per heavy atom. The van der Waals surface area contributed by atoms with Crippen LogP contribution in [0.1, 0.15) is 35.9 Å². The Kier molecular flexibility index (Phi) is 6.41. The summed E-state index contributed by atoms with van der Waals surface area (Å²) in [4.78, 5) is 16.8. The van der Waals surface area contributed by atoms with Gasteiger partial charge in [0.25, 0.3) is 5.91 Å². The SMILES string of the molecule is CCS(=O)(=O)NC1CCN(c2ccccc2C(=O)N(C)Cc2ccco2)CC1. The molecule has 1 aliphatic heterocycles. The fraction of sp³-hybridized carbons (Fsp3) is 0.450. The average molecular weight is 406 g/mol. The van der Waals surface area contributed by atoms with Gasteiger partial charge in [-0.05, 0) is 44.0 Å². The van der Waals surface area contributed by atoms with E-state index in [0.717, 1.165) is 11.4 Å². The number of hydrogen-bond donors (Lipinski definition) is 1.